The number of ketones is 2. The van der Waals surface area contributed by atoms with Gasteiger partial charge in [0, 0.05) is 11.8 Å². The van der Waals surface area contributed by atoms with Gasteiger partial charge in [-0.05, 0) is 74.7 Å². The van der Waals surface area contributed by atoms with Crippen molar-refractivity contribution in [1.82, 2.24) is 0 Å². The van der Waals surface area contributed by atoms with Crippen LogP contribution in [0.3, 0.4) is 0 Å². The number of Topliss-reactive ketones (excluding diaryl/α,β-unsaturated/α-hetero) is 1. The molecule has 0 saturated heterocycles. The van der Waals surface area contributed by atoms with Crippen molar-refractivity contribution in [2.24, 2.45) is 28.6 Å². The van der Waals surface area contributed by atoms with Gasteiger partial charge >= 0.3 is 0 Å². The molecule has 3 fully saturated rings. The molecule has 0 radical (unpaired) electrons. The smallest absolute Gasteiger partial charge is 0.202 e. The lowest BCUT2D eigenvalue weighted by Gasteiger charge is -2.60. The third-order valence-corrected chi connectivity index (χ3v) is 8.96. The number of allylic oxidation sites excluding steroid dienone is 2. The van der Waals surface area contributed by atoms with E-state index in [0.29, 0.717) is 25.0 Å². The predicted octanol–water partition coefficient (Wildman–Crippen LogP) is 3.34. The van der Waals surface area contributed by atoms with Crippen molar-refractivity contribution < 1.29 is 24.5 Å². The van der Waals surface area contributed by atoms with Gasteiger partial charge in [-0.25, -0.2) is 0 Å². The van der Waals surface area contributed by atoms with Gasteiger partial charge in [0.15, 0.2) is 5.78 Å². The van der Waals surface area contributed by atoms with Gasteiger partial charge in [0.1, 0.15) is 12.2 Å². The van der Waals surface area contributed by atoms with Crippen molar-refractivity contribution in [3.05, 3.63) is 24.0 Å². The van der Waals surface area contributed by atoms with Crippen LogP contribution in [0.15, 0.2) is 24.0 Å². The van der Waals surface area contributed by atoms with Gasteiger partial charge in [-0.15, -0.1) is 0 Å². The highest BCUT2D eigenvalue weighted by atomic mass is 16.5. The number of carbonyl (C=O) groups is 2. The summed E-state index contributed by atoms with van der Waals surface area (Å²) in [4.78, 5) is 25.0. The van der Waals surface area contributed by atoms with Crippen LogP contribution in [0.4, 0.5) is 0 Å². The summed E-state index contributed by atoms with van der Waals surface area (Å²) in [7, 11) is 0. The number of fused-ring (bicyclic) bond motifs is 5. The molecule has 29 heavy (non-hydrogen) atoms. The number of aliphatic hydroxyl groups is 2. The van der Waals surface area contributed by atoms with Gasteiger partial charge in [-0.1, -0.05) is 26.0 Å². The Labute approximate surface area is 173 Å². The monoisotopic (exact) mass is 402 g/mol. The van der Waals surface area contributed by atoms with Crippen LogP contribution in [0.5, 0.6) is 0 Å². The van der Waals surface area contributed by atoms with Gasteiger partial charge in [-0.2, -0.15) is 0 Å². The molecule has 0 aromatic carbocycles. The van der Waals surface area contributed by atoms with Crippen molar-refractivity contribution in [1.29, 1.82) is 0 Å². The molecule has 5 nitrogen and oxygen atoms in total. The van der Waals surface area contributed by atoms with Gasteiger partial charge in [0.05, 0.1) is 11.9 Å². The average Bonchev–Trinajstić information content (AvgIpc) is 2.91. The van der Waals surface area contributed by atoms with Gasteiger partial charge in [0.2, 0.25) is 5.78 Å². The normalized spacial score (nSPS) is 46.2. The van der Waals surface area contributed by atoms with Crippen molar-refractivity contribution in [3.63, 3.8) is 0 Å². The Morgan fingerprint density at radius 2 is 2.00 bits per heavy atom. The Morgan fingerprint density at radius 1 is 1.28 bits per heavy atom. The standard InChI is InChI=1S/C24H34O5/c1-14(2)29-13-20(27)24(28)10-8-18-17-6-5-15-11-16(25)7-9-22(15,3)21(17)19(26)12-23(18,24)4/h11,17-19,21,26,28H,1,5-10,12-13H2,2-4H3/t17-,18-,19-,21?,22-,23-,24-/m0/s1. The summed E-state index contributed by atoms with van der Waals surface area (Å²) in [6, 6.07) is 0. The second kappa shape index (κ2) is 6.78. The van der Waals surface area contributed by atoms with Crippen LogP contribution >= 0.6 is 0 Å². The molecule has 160 valence electrons. The summed E-state index contributed by atoms with van der Waals surface area (Å²) >= 11 is 0. The molecule has 7 atom stereocenters. The van der Waals surface area contributed by atoms with Crippen LogP contribution in [0, 0.1) is 28.6 Å². The van der Waals surface area contributed by atoms with E-state index in [1.807, 2.05) is 13.0 Å². The van der Waals surface area contributed by atoms with Crippen LogP contribution in [-0.4, -0.2) is 40.1 Å². The molecule has 1 unspecified atom stereocenters. The zero-order valence-corrected chi connectivity index (χ0v) is 17.9. The zero-order chi connectivity index (χ0) is 21.2. The van der Waals surface area contributed by atoms with Crippen molar-refractivity contribution in [3.8, 4) is 0 Å². The number of rotatable bonds is 4. The largest absolute Gasteiger partial charge is 0.491 e. The topological polar surface area (TPSA) is 83.8 Å². The van der Waals surface area contributed by atoms with E-state index in [2.05, 4.69) is 13.5 Å². The predicted molar refractivity (Wildman–Crippen MR) is 109 cm³/mol. The van der Waals surface area contributed by atoms with Crippen LogP contribution in [-0.2, 0) is 14.3 Å². The Bertz CT molecular complexity index is 784. The maximum absolute atomic E-state index is 13.0. The molecule has 0 spiro atoms. The maximum Gasteiger partial charge on any atom is 0.202 e. The molecule has 0 aliphatic heterocycles. The van der Waals surface area contributed by atoms with Crippen molar-refractivity contribution >= 4 is 11.6 Å². The second-order valence-corrected chi connectivity index (χ2v) is 10.4. The lowest BCUT2D eigenvalue weighted by Crippen LogP contribution is -2.62. The fourth-order valence-electron chi connectivity index (χ4n) is 7.46. The number of carbonyl (C=O) groups excluding carboxylic acids is 2. The molecule has 0 amide bonds. The zero-order valence-electron chi connectivity index (χ0n) is 17.9. The second-order valence-electron chi connectivity index (χ2n) is 10.4. The highest BCUT2D eigenvalue weighted by Crippen LogP contribution is 2.67. The molecule has 5 heteroatoms. The molecular weight excluding hydrogens is 368 g/mol. The van der Waals surface area contributed by atoms with Crippen molar-refractivity contribution in [2.45, 2.75) is 77.4 Å². The molecular formula is C24H34O5. The Morgan fingerprint density at radius 3 is 2.69 bits per heavy atom. The number of aliphatic hydroxyl groups excluding tert-OH is 1. The highest BCUT2D eigenvalue weighted by Gasteiger charge is 2.68. The third-order valence-electron chi connectivity index (χ3n) is 8.96. The van der Waals surface area contributed by atoms with E-state index in [4.69, 9.17) is 4.74 Å². The molecule has 3 saturated carbocycles. The van der Waals surface area contributed by atoms with Gasteiger partial charge in [-0.3, -0.25) is 9.59 Å². The SMILES string of the molecule is C=C(C)OCC(=O)[C@@]1(O)CC[C@H]2[C@@H]3CCC4=CC(=O)CC[C@]4(C)C3[C@@H](O)C[C@@]21C. The lowest BCUT2D eigenvalue weighted by atomic mass is 9.45. The van der Waals surface area contributed by atoms with E-state index in [9.17, 15) is 19.8 Å². The fourth-order valence-corrected chi connectivity index (χ4v) is 7.46. The summed E-state index contributed by atoms with van der Waals surface area (Å²) in [5, 5.41) is 22.9. The Kier molecular flexibility index (Phi) is 4.86. The lowest BCUT2D eigenvalue weighted by molar-refractivity contribution is -0.182. The molecule has 0 aromatic rings. The molecule has 4 aliphatic rings. The quantitative estimate of drug-likeness (QED) is 0.705. The first-order valence-corrected chi connectivity index (χ1v) is 11.0. The van der Waals surface area contributed by atoms with E-state index in [1.54, 1.807) is 6.92 Å². The minimum Gasteiger partial charge on any atom is -0.491 e. The number of hydrogen-bond acceptors (Lipinski definition) is 5. The Balaban J connectivity index is 1.65. The number of hydrogen-bond donors (Lipinski definition) is 2. The van der Waals surface area contributed by atoms with E-state index in [0.717, 1.165) is 25.7 Å². The molecule has 0 bridgehead atoms. The van der Waals surface area contributed by atoms with Crippen molar-refractivity contribution in [2.75, 3.05) is 6.61 Å². The van der Waals surface area contributed by atoms with Crippen LogP contribution in [0.25, 0.3) is 0 Å². The summed E-state index contributed by atoms with van der Waals surface area (Å²) < 4.78 is 5.33. The van der Waals surface area contributed by atoms with E-state index < -0.39 is 17.1 Å². The van der Waals surface area contributed by atoms with Gasteiger partial charge in [0.25, 0.3) is 0 Å². The van der Waals surface area contributed by atoms with Gasteiger partial charge < -0.3 is 14.9 Å². The number of ether oxygens (including phenoxy) is 1. The van der Waals surface area contributed by atoms with Crippen LogP contribution < -0.4 is 0 Å². The van der Waals surface area contributed by atoms with E-state index in [-0.39, 0.29) is 41.3 Å². The first-order chi connectivity index (χ1) is 13.5. The molecule has 4 rings (SSSR count). The molecule has 2 N–H and O–H groups in total. The summed E-state index contributed by atoms with van der Waals surface area (Å²) in [5.41, 5.74) is -1.10. The molecule has 0 heterocycles. The van der Waals surface area contributed by atoms with E-state index >= 15 is 0 Å². The van der Waals surface area contributed by atoms with Crippen LogP contribution in [0.2, 0.25) is 0 Å². The molecule has 4 aliphatic carbocycles. The first kappa shape index (κ1) is 20.8. The highest BCUT2D eigenvalue weighted by molar-refractivity contribution is 5.92. The summed E-state index contributed by atoms with van der Waals surface area (Å²) in [6.45, 7) is 9.38. The average molecular weight is 403 g/mol. The van der Waals surface area contributed by atoms with Crippen LogP contribution in [0.1, 0.15) is 65.7 Å². The summed E-state index contributed by atoms with van der Waals surface area (Å²) in [6.07, 6.45) is 5.94. The minimum absolute atomic E-state index is 0.0813. The first-order valence-electron chi connectivity index (χ1n) is 11.0. The van der Waals surface area contributed by atoms with E-state index in [1.165, 1.54) is 5.57 Å². The minimum atomic E-state index is -1.47. The third kappa shape index (κ3) is 2.88. The Hall–Kier alpha value is -1.46. The maximum atomic E-state index is 13.0. The molecule has 0 aromatic heterocycles. The fraction of sp³-hybridized carbons (Fsp3) is 0.750. The summed E-state index contributed by atoms with van der Waals surface area (Å²) in [5.74, 6) is 0.870.